The largest absolute Gasteiger partial charge is 0.480 e. The first-order chi connectivity index (χ1) is 10.5. The lowest BCUT2D eigenvalue weighted by Gasteiger charge is -2.22. The molecule has 0 aromatic heterocycles. The summed E-state index contributed by atoms with van der Waals surface area (Å²) in [6.07, 6.45) is 3.62. The van der Waals surface area contributed by atoms with Gasteiger partial charge >= 0.3 is 12.1 Å². The molecule has 0 bridgehead atoms. The lowest BCUT2D eigenvalue weighted by atomic mass is 10.1. The molecule has 1 amide bonds. The number of allylic oxidation sites excluding steroid dienone is 2. The zero-order valence-corrected chi connectivity index (χ0v) is 14.9. The summed E-state index contributed by atoms with van der Waals surface area (Å²) >= 11 is 0. The fourth-order valence-electron chi connectivity index (χ4n) is 1.97. The summed E-state index contributed by atoms with van der Waals surface area (Å²) in [6, 6.07) is -0.948. The molecule has 5 heteroatoms. The molecule has 0 aliphatic carbocycles. The van der Waals surface area contributed by atoms with Gasteiger partial charge in [-0.15, -0.1) is 12.3 Å². The summed E-state index contributed by atoms with van der Waals surface area (Å²) in [4.78, 5) is 22.9. The summed E-state index contributed by atoms with van der Waals surface area (Å²) in [5.74, 6) is -1.06. The summed E-state index contributed by atoms with van der Waals surface area (Å²) in [7, 11) is 0. The highest BCUT2D eigenvalue weighted by molar-refractivity contribution is 5.79. The van der Waals surface area contributed by atoms with Gasteiger partial charge in [-0.05, 0) is 71.4 Å². The Bertz CT molecular complexity index is 494. The Morgan fingerprint density at radius 1 is 1.30 bits per heavy atom. The molecule has 23 heavy (non-hydrogen) atoms. The van der Waals surface area contributed by atoms with Crippen molar-refractivity contribution in [3.63, 3.8) is 0 Å². The van der Waals surface area contributed by atoms with Crippen molar-refractivity contribution in [2.45, 2.75) is 71.9 Å². The predicted octanol–water partition coefficient (Wildman–Crippen LogP) is 4.20. The number of amides is 1. The summed E-state index contributed by atoms with van der Waals surface area (Å²) < 4.78 is 5.08. The molecular formula is C18H29NO4. The lowest BCUT2D eigenvalue weighted by Crippen LogP contribution is -2.43. The molecule has 1 atom stereocenters. The van der Waals surface area contributed by atoms with Crippen molar-refractivity contribution in [3.8, 4) is 0 Å². The fraction of sp³-hybridized carbons (Fsp3) is 0.611. The number of carbonyl (C=O) groups is 2. The number of hydrogen-bond acceptors (Lipinski definition) is 3. The average Bonchev–Trinajstić information content (AvgIpc) is 2.35. The van der Waals surface area contributed by atoms with Gasteiger partial charge in [-0.2, -0.15) is 0 Å². The van der Waals surface area contributed by atoms with Crippen LogP contribution in [0.1, 0.15) is 60.3 Å². The first-order valence-corrected chi connectivity index (χ1v) is 7.80. The van der Waals surface area contributed by atoms with E-state index in [0.717, 1.165) is 24.0 Å². The number of carbonyl (C=O) groups excluding carboxylic acids is 1. The van der Waals surface area contributed by atoms with Gasteiger partial charge < -0.3 is 15.2 Å². The Morgan fingerprint density at radius 3 is 2.39 bits per heavy atom. The van der Waals surface area contributed by atoms with Crippen LogP contribution in [0.25, 0.3) is 0 Å². The van der Waals surface area contributed by atoms with Crippen LogP contribution < -0.4 is 5.32 Å². The topological polar surface area (TPSA) is 75.6 Å². The zero-order valence-electron chi connectivity index (χ0n) is 14.9. The Kier molecular flexibility index (Phi) is 9.04. The first kappa shape index (κ1) is 21.0. The van der Waals surface area contributed by atoms with Crippen LogP contribution >= 0.6 is 0 Å². The number of carboxylic acids is 1. The van der Waals surface area contributed by atoms with E-state index in [1.165, 1.54) is 0 Å². The molecule has 0 radical (unpaired) electrons. The Hall–Kier alpha value is -2.00. The van der Waals surface area contributed by atoms with E-state index in [-0.39, 0.29) is 0 Å². The fourth-order valence-corrected chi connectivity index (χ4v) is 1.97. The summed E-state index contributed by atoms with van der Waals surface area (Å²) in [6.45, 7) is 12.8. The van der Waals surface area contributed by atoms with E-state index in [2.05, 4.69) is 17.6 Å². The SMILES string of the molecule is C=CCC(C)=C=C(C)CCC[C@H](NC(=O)OC(C)(C)C)C(=O)O. The maximum absolute atomic E-state index is 11.7. The van der Waals surface area contributed by atoms with E-state index in [4.69, 9.17) is 4.74 Å². The van der Waals surface area contributed by atoms with E-state index in [9.17, 15) is 14.7 Å². The number of carboxylic acid groups (broad SMARTS) is 1. The number of ether oxygens (including phenoxy) is 1. The predicted molar refractivity (Wildman–Crippen MR) is 91.3 cm³/mol. The molecule has 0 rings (SSSR count). The first-order valence-electron chi connectivity index (χ1n) is 7.80. The van der Waals surface area contributed by atoms with Crippen LogP contribution in [0.3, 0.4) is 0 Å². The van der Waals surface area contributed by atoms with Gasteiger partial charge in [0, 0.05) is 0 Å². The zero-order chi connectivity index (χ0) is 18.0. The standard InChI is InChI=1S/C18H29NO4/c1-7-9-13(2)12-14(3)10-8-11-15(16(20)21)19-17(22)23-18(4,5)6/h7,15H,1,8-11H2,2-6H3,(H,19,22)(H,20,21)/t12?,15-/m0/s1. The van der Waals surface area contributed by atoms with Crippen molar-refractivity contribution in [3.05, 3.63) is 29.5 Å². The minimum absolute atomic E-state index is 0.341. The van der Waals surface area contributed by atoms with Crippen LogP contribution in [0.4, 0.5) is 4.79 Å². The molecule has 0 saturated heterocycles. The monoisotopic (exact) mass is 323 g/mol. The highest BCUT2D eigenvalue weighted by Gasteiger charge is 2.23. The molecule has 0 heterocycles. The van der Waals surface area contributed by atoms with Gasteiger partial charge in [0.1, 0.15) is 11.6 Å². The Labute approximate surface area is 139 Å². The smallest absolute Gasteiger partial charge is 0.408 e. The van der Waals surface area contributed by atoms with Gasteiger partial charge in [0.2, 0.25) is 0 Å². The molecule has 0 aromatic carbocycles. The number of hydrogen-bond donors (Lipinski definition) is 2. The van der Waals surface area contributed by atoms with Crippen molar-refractivity contribution < 1.29 is 19.4 Å². The maximum atomic E-state index is 11.7. The second kappa shape index (κ2) is 9.90. The third-order valence-electron chi connectivity index (χ3n) is 2.91. The van der Waals surface area contributed by atoms with E-state index in [0.29, 0.717) is 12.8 Å². The Balaban J connectivity index is 4.52. The molecule has 0 fully saturated rings. The number of nitrogens with one attached hydrogen (secondary N) is 1. The van der Waals surface area contributed by atoms with Crippen molar-refractivity contribution in [1.82, 2.24) is 5.32 Å². The van der Waals surface area contributed by atoms with Gasteiger partial charge in [-0.25, -0.2) is 9.59 Å². The maximum Gasteiger partial charge on any atom is 0.408 e. The highest BCUT2D eigenvalue weighted by Crippen LogP contribution is 2.11. The van der Waals surface area contributed by atoms with E-state index < -0.39 is 23.7 Å². The molecule has 0 saturated carbocycles. The lowest BCUT2D eigenvalue weighted by molar-refractivity contribution is -0.139. The van der Waals surface area contributed by atoms with Crippen molar-refractivity contribution in [1.29, 1.82) is 0 Å². The normalized spacial score (nSPS) is 11.9. The number of alkyl carbamates (subject to hydrolysis) is 1. The minimum Gasteiger partial charge on any atom is -0.480 e. The molecule has 5 nitrogen and oxygen atoms in total. The number of rotatable bonds is 8. The van der Waals surface area contributed by atoms with Crippen molar-refractivity contribution in [2.24, 2.45) is 0 Å². The van der Waals surface area contributed by atoms with Crippen LogP contribution in [0.15, 0.2) is 29.5 Å². The molecule has 0 spiro atoms. The second-order valence-corrected chi connectivity index (χ2v) is 6.61. The van der Waals surface area contributed by atoms with Gasteiger partial charge in [0.05, 0.1) is 0 Å². The molecular weight excluding hydrogens is 294 g/mol. The van der Waals surface area contributed by atoms with Crippen molar-refractivity contribution in [2.75, 3.05) is 0 Å². The van der Waals surface area contributed by atoms with Crippen LogP contribution in [0.5, 0.6) is 0 Å². The summed E-state index contributed by atoms with van der Waals surface area (Å²) in [5.41, 5.74) is 4.76. The van der Waals surface area contributed by atoms with Gasteiger partial charge in [-0.1, -0.05) is 6.08 Å². The van der Waals surface area contributed by atoms with Crippen LogP contribution in [0, 0.1) is 0 Å². The minimum atomic E-state index is -1.06. The molecule has 130 valence electrons. The number of aliphatic carboxylic acids is 1. The second-order valence-electron chi connectivity index (χ2n) is 6.61. The molecule has 2 N–H and O–H groups in total. The van der Waals surface area contributed by atoms with Gasteiger partial charge in [0.15, 0.2) is 0 Å². The third-order valence-corrected chi connectivity index (χ3v) is 2.91. The quantitative estimate of drug-likeness (QED) is 0.518. The van der Waals surface area contributed by atoms with E-state index in [1.54, 1.807) is 20.8 Å². The van der Waals surface area contributed by atoms with Crippen LogP contribution in [-0.2, 0) is 9.53 Å². The Morgan fingerprint density at radius 2 is 1.91 bits per heavy atom. The van der Waals surface area contributed by atoms with Gasteiger partial charge in [0.25, 0.3) is 0 Å². The highest BCUT2D eigenvalue weighted by atomic mass is 16.6. The van der Waals surface area contributed by atoms with Crippen molar-refractivity contribution >= 4 is 12.1 Å². The van der Waals surface area contributed by atoms with E-state index >= 15 is 0 Å². The third kappa shape index (κ3) is 11.2. The molecule has 0 aliphatic rings. The molecule has 0 aromatic rings. The molecule has 0 aliphatic heterocycles. The van der Waals surface area contributed by atoms with Crippen LogP contribution in [-0.4, -0.2) is 28.8 Å². The van der Waals surface area contributed by atoms with E-state index in [1.807, 2.05) is 19.9 Å². The van der Waals surface area contributed by atoms with Crippen LogP contribution in [0.2, 0.25) is 0 Å². The average molecular weight is 323 g/mol. The summed E-state index contributed by atoms with van der Waals surface area (Å²) in [5, 5.41) is 11.6. The molecule has 0 unspecified atom stereocenters. The van der Waals surface area contributed by atoms with Gasteiger partial charge in [-0.3, -0.25) is 0 Å².